The molecule has 9 heteroatoms. The van der Waals surface area contributed by atoms with Gasteiger partial charge in [-0.05, 0) is 41.5 Å². The molecule has 1 aromatic heterocycles. The highest BCUT2D eigenvalue weighted by Gasteiger charge is 2.24. The molecular formula is C21H17FN2O5S. The third-order valence-corrected chi connectivity index (χ3v) is 5.90. The van der Waals surface area contributed by atoms with E-state index in [4.69, 9.17) is 9.47 Å². The molecular weight excluding hydrogens is 411 g/mol. The van der Waals surface area contributed by atoms with E-state index >= 15 is 0 Å². The van der Waals surface area contributed by atoms with Crippen LogP contribution < -0.4 is 9.46 Å². The van der Waals surface area contributed by atoms with E-state index in [1.165, 1.54) is 36.5 Å². The zero-order valence-corrected chi connectivity index (χ0v) is 16.5. The van der Waals surface area contributed by atoms with Crippen LogP contribution in [0.25, 0.3) is 0 Å². The number of carbonyl (C=O) groups excluding carboxylic acids is 1. The van der Waals surface area contributed by atoms with Gasteiger partial charge in [-0.1, -0.05) is 24.3 Å². The Labute approximate surface area is 172 Å². The second kappa shape index (κ2) is 8.21. The van der Waals surface area contributed by atoms with Crippen LogP contribution in [0.4, 0.5) is 4.39 Å². The number of hydrogen-bond donors (Lipinski definition) is 1. The minimum atomic E-state index is -4.12. The van der Waals surface area contributed by atoms with Crippen molar-refractivity contribution in [3.63, 3.8) is 0 Å². The number of aromatic nitrogens is 1. The molecule has 154 valence electrons. The average molecular weight is 428 g/mol. The van der Waals surface area contributed by atoms with Crippen molar-refractivity contribution in [1.29, 1.82) is 0 Å². The van der Waals surface area contributed by atoms with E-state index in [9.17, 15) is 17.6 Å². The molecule has 1 N–H and O–H groups in total. The lowest BCUT2D eigenvalue weighted by molar-refractivity contribution is 0.0976. The SMILES string of the molecule is O=C(NS(=O)(=O)c1ccc2c(c1)COC2)c1cccnc1OCc1ccccc1F. The number of pyridine rings is 1. The van der Waals surface area contributed by atoms with Crippen molar-refractivity contribution in [1.82, 2.24) is 9.71 Å². The summed E-state index contributed by atoms with van der Waals surface area (Å²) in [7, 11) is -4.12. The van der Waals surface area contributed by atoms with E-state index in [1.54, 1.807) is 24.3 Å². The highest BCUT2D eigenvalue weighted by Crippen LogP contribution is 2.24. The molecule has 0 radical (unpaired) electrons. The van der Waals surface area contributed by atoms with Gasteiger partial charge in [-0.25, -0.2) is 22.5 Å². The normalized spacial score (nSPS) is 13.0. The van der Waals surface area contributed by atoms with Gasteiger partial charge in [0.15, 0.2) is 0 Å². The minimum absolute atomic E-state index is 0.0437. The molecule has 0 aliphatic carbocycles. The van der Waals surface area contributed by atoms with Gasteiger partial charge in [0.25, 0.3) is 15.9 Å². The average Bonchev–Trinajstić information content (AvgIpc) is 3.21. The molecule has 7 nitrogen and oxygen atoms in total. The van der Waals surface area contributed by atoms with Gasteiger partial charge in [-0.3, -0.25) is 4.79 Å². The fraction of sp³-hybridized carbons (Fsp3) is 0.143. The van der Waals surface area contributed by atoms with Gasteiger partial charge in [-0.2, -0.15) is 0 Å². The predicted molar refractivity (Wildman–Crippen MR) is 105 cm³/mol. The molecule has 2 aromatic carbocycles. The molecule has 0 spiro atoms. The lowest BCUT2D eigenvalue weighted by atomic mass is 10.1. The Balaban J connectivity index is 1.53. The van der Waals surface area contributed by atoms with Crippen LogP contribution in [0.5, 0.6) is 5.88 Å². The molecule has 1 amide bonds. The van der Waals surface area contributed by atoms with Crippen LogP contribution in [-0.4, -0.2) is 19.3 Å². The fourth-order valence-corrected chi connectivity index (χ4v) is 4.01. The van der Waals surface area contributed by atoms with E-state index in [-0.39, 0.29) is 28.5 Å². The summed E-state index contributed by atoms with van der Waals surface area (Å²) in [6, 6.07) is 13.5. The lowest BCUT2D eigenvalue weighted by Crippen LogP contribution is -2.31. The zero-order valence-electron chi connectivity index (χ0n) is 15.7. The third-order valence-electron chi connectivity index (χ3n) is 4.57. The zero-order chi connectivity index (χ0) is 21.1. The van der Waals surface area contributed by atoms with Gasteiger partial charge >= 0.3 is 0 Å². The van der Waals surface area contributed by atoms with Crippen molar-refractivity contribution < 1.29 is 27.1 Å². The number of ether oxygens (including phenoxy) is 2. The van der Waals surface area contributed by atoms with Crippen molar-refractivity contribution >= 4 is 15.9 Å². The third kappa shape index (κ3) is 4.17. The van der Waals surface area contributed by atoms with E-state index in [0.717, 1.165) is 11.1 Å². The van der Waals surface area contributed by atoms with Gasteiger partial charge in [0.2, 0.25) is 5.88 Å². The Hall–Kier alpha value is -3.30. The number of nitrogens with zero attached hydrogens (tertiary/aromatic N) is 1. The van der Waals surface area contributed by atoms with Crippen LogP contribution in [0.2, 0.25) is 0 Å². The van der Waals surface area contributed by atoms with Crippen LogP contribution in [0, 0.1) is 5.82 Å². The van der Waals surface area contributed by atoms with Crippen LogP contribution in [0.1, 0.15) is 27.0 Å². The number of halogens is 1. The molecule has 2 heterocycles. The van der Waals surface area contributed by atoms with Crippen molar-refractivity contribution in [3.8, 4) is 5.88 Å². The number of hydrogen-bond acceptors (Lipinski definition) is 6. The first-order valence-corrected chi connectivity index (χ1v) is 10.5. The molecule has 0 saturated carbocycles. The van der Waals surface area contributed by atoms with E-state index in [0.29, 0.717) is 13.2 Å². The number of carbonyl (C=O) groups is 1. The molecule has 1 aliphatic rings. The van der Waals surface area contributed by atoms with Crippen molar-refractivity contribution in [2.75, 3.05) is 0 Å². The van der Waals surface area contributed by atoms with Crippen LogP contribution >= 0.6 is 0 Å². The molecule has 4 rings (SSSR count). The number of nitrogens with one attached hydrogen (secondary N) is 1. The lowest BCUT2D eigenvalue weighted by Gasteiger charge is -2.12. The van der Waals surface area contributed by atoms with Gasteiger partial charge < -0.3 is 9.47 Å². The summed E-state index contributed by atoms with van der Waals surface area (Å²) in [6.07, 6.45) is 1.39. The molecule has 1 aliphatic heterocycles. The first kappa shape index (κ1) is 20.0. The largest absolute Gasteiger partial charge is 0.472 e. The molecule has 30 heavy (non-hydrogen) atoms. The number of benzene rings is 2. The highest BCUT2D eigenvalue weighted by atomic mass is 32.2. The summed E-state index contributed by atoms with van der Waals surface area (Å²) in [5, 5.41) is 0. The monoisotopic (exact) mass is 428 g/mol. The van der Waals surface area contributed by atoms with Gasteiger partial charge in [0.05, 0.1) is 18.1 Å². The molecule has 3 aromatic rings. The second-order valence-corrected chi connectivity index (χ2v) is 8.28. The highest BCUT2D eigenvalue weighted by molar-refractivity contribution is 7.90. The smallest absolute Gasteiger partial charge is 0.270 e. The number of sulfonamides is 1. The standard InChI is InChI=1S/C21H17FN2O5S/c22-19-6-2-1-4-15(19)13-29-21-18(5-3-9-23-21)20(25)24-30(26,27)17-8-7-14-11-28-12-16(14)10-17/h1-10H,11-13H2,(H,24,25). The maximum absolute atomic E-state index is 13.8. The Morgan fingerprint density at radius 1 is 1.10 bits per heavy atom. The Morgan fingerprint density at radius 3 is 2.73 bits per heavy atom. The van der Waals surface area contributed by atoms with Crippen molar-refractivity contribution in [3.05, 3.63) is 88.9 Å². The quantitative estimate of drug-likeness (QED) is 0.649. The van der Waals surface area contributed by atoms with Crippen LogP contribution in [0.15, 0.2) is 65.7 Å². The minimum Gasteiger partial charge on any atom is -0.472 e. The predicted octanol–water partition coefficient (Wildman–Crippen LogP) is 2.95. The van der Waals surface area contributed by atoms with E-state index in [1.807, 2.05) is 4.72 Å². The summed E-state index contributed by atoms with van der Waals surface area (Å²) < 4.78 is 51.9. The fourth-order valence-electron chi connectivity index (χ4n) is 2.99. The maximum Gasteiger partial charge on any atom is 0.270 e. The van der Waals surface area contributed by atoms with Gasteiger partial charge in [0.1, 0.15) is 18.0 Å². The van der Waals surface area contributed by atoms with Gasteiger partial charge in [0, 0.05) is 11.8 Å². The molecule has 0 unspecified atom stereocenters. The summed E-state index contributed by atoms with van der Waals surface area (Å²) in [4.78, 5) is 16.6. The summed E-state index contributed by atoms with van der Waals surface area (Å²) in [5.41, 5.74) is 1.88. The number of rotatable bonds is 6. The number of amides is 1. The molecule has 0 atom stereocenters. The van der Waals surface area contributed by atoms with Crippen LogP contribution in [0.3, 0.4) is 0 Å². The maximum atomic E-state index is 13.8. The molecule has 0 bridgehead atoms. The van der Waals surface area contributed by atoms with Crippen molar-refractivity contribution in [2.45, 2.75) is 24.7 Å². The summed E-state index contributed by atoms with van der Waals surface area (Å²) >= 11 is 0. The topological polar surface area (TPSA) is 94.6 Å². The summed E-state index contributed by atoms with van der Waals surface area (Å²) in [6.45, 7) is 0.589. The van der Waals surface area contributed by atoms with E-state index in [2.05, 4.69) is 4.98 Å². The Morgan fingerprint density at radius 2 is 1.90 bits per heavy atom. The van der Waals surface area contributed by atoms with Gasteiger partial charge in [-0.15, -0.1) is 0 Å². The second-order valence-electron chi connectivity index (χ2n) is 6.59. The molecule has 0 fully saturated rings. The van der Waals surface area contributed by atoms with Crippen molar-refractivity contribution in [2.24, 2.45) is 0 Å². The Kier molecular flexibility index (Phi) is 5.47. The number of fused-ring (bicyclic) bond motifs is 1. The summed E-state index contributed by atoms with van der Waals surface area (Å²) in [5.74, 6) is -1.46. The molecule has 0 saturated heterocycles. The first-order valence-electron chi connectivity index (χ1n) is 9.02. The van der Waals surface area contributed by atoms with Crippen LogP contribution in [-0.2, 0) is 34.6 Å². The Bertz CT molecular complexity index is 1210. The van der Waals surface area contributed by atoms with E-state index < -0.39 is 21.7 Å². The first-order chi connectivity index (χ1) is 14.4.